The highest BCUT2D eigenvalue weighted by Gasteiger charge is 2.14. The van der Waals surface area contributed by atoms with Gasteiger partial charge < -0.3 is 14.6 Å². The molecule has 0 spiro atoms. The molecule has 3 rings (SSSR count). The van der Waals surface area contributed by atoms with Crippen molar-refractivity contribution in [3.8, 4) is 17.1 Å². The summed E-state index contributed by atoms with van der Waals surface area (Å²) in [5.74, 6) is 0.843. The average Bonchev–Trinajstić information content (AvgIpc) is 3.14. The van der Waals surface area contributed by atoms with Gasteiger partial charge in [0.1, 0.15) is 11.6 Å². The number of nitrogens with one attached hydrogen (secondary N) is 1. The molecule has 134 valence electrons. The lowest BCUT2D eigenvalue weighted by atomic mass is 10.2. The zero-order valence-electron chi connectivity index (χ0n) is 14.2. The first kappa shape index (κ1) is 17.6. The van der Waals surface area contributed by atoms with E-state index in [-0.39, 0.29) is 24.7 Å². The van der Waals surface area contributed by atoms with Crippen molar-refractivity contribution < 1.29 is 18.4 Å². The number of methoxy groups -OCH3 is 1. The van der Waals surface area contributed by atoms with Crippen LogP contribution in [0, 0.1) is 5.82 Å². The van der Waals surface area contributed by atoms with Crippen LogP contribution in [0.25, 0.3) is 11.4 Å². The predicted molar refractivity (Wildman–Crippen MR) is 92.9 cm³/mol. The van der Waals surface area contributed by atoms with Crippen molar-refractivity contribution in [1.82, 2.24) is 15.5 Å². The van der Waals surface area contributed by atoms with Gasteiger partial charge >= 0.3 is 0 Å². The standard InChI is InChI=1S/C19H18FN3O3/c1-25-16-9-5-3-7-14(16)19-22-18(26-23-19)11-10-17(24)21-12-13-6-2-4-8-15(13)20/h2-9H,10-12H2,1H3,(H,21,24). The Morgan fingerprint density at radius 3 is 2.77 bits per heavy atom. The van der Waals surface area contributed by atoms with Crippen LogP contribution in [-0.2, 0) is 17.8 Å². The van der Waals surface area contributed by atoms with Gasteiger partial charge in [0, 0.05) is 24.9 Å². The van der Waals surface area contributed by atoms with E-state index in [0.29, 0.717) is 35.0 Å². The van der Waals surface area contributed by atoms with Gasteiger partial charge in [-0.3, -0.25) is 4.79 Å². The van der Waals surface area contributed by atoms with E-state index in [9.17, 15) is 9.18 Å². The summed E-state index contributed by atoms with van der Waals surface area (Å²) >= 11 is 0. The minimum atomic E-state index is -0.342. The van der Waals surface area contributed by atoms with Gasteiger partial charge in [0.15, 0.2) is 0 Å². The van der Waals surface area contributed by atoms with Crippen molar-refractivity contribution in [3.05, 3.63) is 65.8 Å². The first-order chi connectivity index (χ1) is 12.7. The Morgan fingerprint density at radius 2 is 1.96 bits per heavy atom. The molecule has 1 N–H and O–H groups in total. The Hall–Kier alpha value is -3.22. The Kier molecular flexibility index (Phi) is 5.58. The topological polar surface area (TPSA) is 77.2 Å². The van der Waals surface area contributed by atoms with Crippen LogP contribution in [0.2, 0.25) is 0 Å². The summed E-state index contributed by atoms with van der Waals surface area (Å²) in [6, 6.07) is 13.7. The predicted octanol–water partition coefficient (Wildman–Crippen LogP) is 3.13. The highest BCUT2D eigenvalue weighted by atomic mass is 19.1. The maximum atomic E-state index is 13.5. The number of ether oxygens (including phenoxy) is 1. The second kappa shape index (κ2) is 8.24. The SMILES string of the molecule is COc1ccccc1-c1noc(CCC(=O)NCc2ccccc2F)n1. The zero-order chi connectivity index (χ0) is 18.4. The molecule has 0 saturated heterocycles. The highest BCUT2D eigenvalue weighted by molar-refractivity contribution is 5.76. The van der Waals surface area contributed by atoms with Gasteiger partial charge in [-0.15, -0.1) is 0 Å². The number of hydrogen-bond donors (Lipinski definition) is 1. The normalized spacial score (nSPS) is 10.5. The third-order valence-corrected chi connectivity index (χ3v) is 3.82. The number of benzene rings is 2. The van der Waals surface area contributed by atoms with Gasteiger partial charge in [-0.05, 0) is 18.2 Å². The Labute approximate surface area is 150 Å². The molecule has 0 aliphatic heterocycles. The van der Waals surface area contributed by atoms with E-state index in [2.05, 4.69) is 15.5 Å². The van der Waals surface area contributed by atoms with Crippen LogP contribution in [-0.4, -0.2) is 23.2 Å². The quantitative estimate of drug-likeness (QED) is 0.704. The van der Waals surface area contributed by atoms with Gasteiger partial charge in [0.05, 0.1) is 12.7 Å². The summed E-state index contributed by atoms with van der Waals surface area (Å²) < 4.78 is 24.0. The van der Waals surface area contributed by atoms with E-state index in [0.717, 1.165) is 0 Å². The third kappa shape index (κ3) is 4.24. The molecular weight excluding hydrogens is 337 g/mol. The molecule has 0 bridgehead atoms. The average molecular weight is 355 g/mol. The van der Waals surface area contributed by atoms with Crippen molar-refractivity contribution in [1.29, 1.82) is 0 Å². The summed E-state index contributed by atoms with van der Waals surface area (Å²) in [4.78, 5) is 16.2. The second-order valence-electron chi connectivity index (χ2n) is 5.58. The molecule has 1 heterocycles. The van der Waals surface area contributed by atoms with Crippen molar-refractivity contribution in [2.45, 2.75) is 19.4 Å². The molecule has 0 radical (unpaired) electrons. The number of carbonyl (C=O) groups excluding carboxylic acids is 1. The molecule has 6 nitrogen and oxygen atoms in total. The van der Waals surface area contributed by atoms with E-state index in [1.165, 1.54) is 6.07 Å². The first-order valence-electron chi connectivity index (χ1n) is 8.13. The van der Waals surface area contributed by atoms with Crippen LogP contribution in [0.4, 0.5) is 4.39 Å². The fourth-order valence-electron chi connectivity index (χ4n) is 2.44. The van der Waals surface area contributed by atoms with E-state index in [1.54, 1.807) is 25.3 Å². The van der Waals surface area contributed by atoms with Crippen LogP contribution in [0.3, 0.4) is 0 Å². The number of halogens is 1. The number of hydrogen-bond acceptors (Lipinski definition) is 5. The third-order valence-electron chi connectivity index (χ3n) is 3.82. The van der Waals surface area contributed by atoms with Crippen LogP contribution >= 0.6 is 0 Å². The summed E-state index contributed by atoms with van der Waals surface area (Å²) in [7, 11) is 1.57. The summed E-state index contributed by atoms with van der Waals surface area (Å²) in [5, 5.41) is 6.61. The lowest BCUT2D eigenvalue weighted by Gasteiger charge is -2.05. The maximum absolute atomic E-state index is 13.5. The molecule has 7 heteroatoms. The molecule has 0 fully saturated rings. The molecular formula is C19H18FN3O3. The van der Waals surface area contributed by atoms with Crippen molar-refractivity contribution in [2.24, 2.45) is 0 Å². The largest absolute Gasteiger partial charge is 0.496 e. The number of amides is 1. The molecule has 2 aromatic carbocycles. The molecule has 1 amide bonds. The van der Waals surface area contributed by atoms with Crippen molar-refractivity contribution in [2.75, 3.05) is 7.11 Å². The molecule has 0 saturated carbocycles. The summed E-state index contributed by atoms with van der Waals surface area (Å²) in [6.45, 7) is 0.141. The van der Waals surface area contributed by atoms with Gasteiger partial charge in [-0.25, -0.2) is 4.39 Å². The molecule has 0 unspecified atom stereocenters. The van der Waals surface area contributed by atoms with E-state index in [1.807, 2.05) is 24.3 Å². The number of aromatic nitrogens is 2. The molecule has 1 aromatic heterocycles. The maximum Gasteiger partial charge on any atom is 0.227 e. The molecule has 26 heavy (non-hydrogen) atoms. The minimum Gasteiger partial charge on any atom is -0.496 e. The van der Waals surface area contributed by atoms with Crippen molar-refractivity contribution >= 4 is 5.91 Å². The molecule has 0 aliphatic carbocycles. The fourth-order valence-corrected chi connectivity index (χ4v) is 2.44. The van der Waals surface area contributed by atoms with Crippen molar-refractivity contribution in [3.63, 3.8) is 0 Å². The van der Waals surface area contributed by atoms with E-state index < -0.39 is 0 Å². The van der Waals surface area contributed by atoms with Gasteiger partial charge in [0.2, 0.25) is 17.6 Å². The number of carbonyl (C=O) groups is 1. The van der Waals surface area contributed by atoms with Crippen LogP contribution < -0.4 is 10.1 Å². The highest BCUT2D eigenvalue weighted by Crippen LogP contribution is 2.27. The Balaban J connectivity index is 1.55. The lowest BCUT2D eigenvalue weighted by Crippen LogP contribution is -2.23. The molecule has 3 aromatic rings. The number of aryl methyl sites for hydroxylation is 1. The minimum absolute atomic E-state index is 0.141. The van der Waals surface area contributed by atoms with Crippen LogP contribution in [0.1, 0.15) is 17.9 Å². The Bertz CT molecular complexity index is 895. The van der Waals surface area contributed by atoms with E-state index in [4.69, 9.17) is 9.26 Å². The molecule has 0 atom stereocenters. The Morgan fingerprint density at radius 1 is 1.19 bits per heavy atom. The zero-order valence-corrected chi connectivity index (χ0v) is 14.2. The van der Waals surface area contributed by atoms with Crippen LogP contribution in [0.15, 0.2) is 53.1 Å². The summed E-state index contributed by atoms with van der Waals surface area (Å²) in [6.07, 6.45) is 0.466. The smallest absolute Gasteiger partial charge is 0.227 e. The summed E-state index contributed by atoms with van der Waals surface area (Å²) in [5.41, 5.74) is 1.16. The number of rotatable bonds is 7. The van der Waals surface area contributed by atoms with E-state index >= 15 is 0 Å². The van der Waals surface area contributed by atoms with Crippen LogP contribution in [0.5, 0.6) is 5.75 Å². The first-order valence-corrected chi connectivity index (χ1v) is 8.13. The second-order valence-corrected chi connectivity index (χ2v) is 5.58. The molecule has 0 aliphatic rings. The monoisotopic (exact) mass is 355 g/mol. The fraction of sp³-hybridized carbons (Fsp3) is 0.211. The number of para-hydroxylation sites is 1. The lowest BCUT2D eigenvalue weighted by molar-refractivity contribution is -0.121. The van der Waals surface area contributed by atoms with Gasteiger partial charge in [0.25, 0.3) is 0 Å². The van der Waals surface area contributed by atoms with Gasteiger partial charge in [-0.1, -0.05) is 35.5 Å². The number of nitrogens with zero attached hydrogens (tertiary/aromatic N) is 2. The van der Waals surface area contributed by atoms with Gasteiger partial charge in [-0.2, -0.15) is 4.98 Å².